The highest BCUT2D eigenvalue weighted by Gasteiger charge is 2.40. The summed E-state index contributed by atoms with van der Waals surface area (Å²) in [5, 5.41) is 12.8. The van der Waals surface area contributed by atoms with Crippen LogP contribution in [0.5, 0.6) is 5.75 Å². The Labute approximate surface area is 161 Å². The maximum atomic E-state index is 12.3. The zero-order valence-electron chi connectivity index (χ0n) is 15.7. The summed E-state index contributed by atoms with van der Waals surface area (Å²) in [5.74, 6) is 1.02. The molecule has 0 saturated carbocycles. The largest absolute Gasteiger partial charge is 0.508 e. The van der Waals surface area contributed by atoms with Gasteiger partial charge in [-0.15, -0.1) is 0 Å². The first kappa shape index (κ1) is 18.1. The van der Waals surface area contributed by atoms with Gasteiger partial charge in [-0.1, -0.05) is 42.5 Å². The minimum Gasteiger partial charge on any atom is -0.508 e. The molecule has 2 fully saturated rings. The fraction of sp³-hybridized carbons (Fsp3) is 0.435. The Hall–Kier alpha value is -2.33. The van der Waals surface area contributed by atoms with Crippen LogP contribution in [-0.2, 0) is 11.3 Å². The molecule has 2 saturated heterocycles. The first-order chi connectivity index (χ1) is 13.2. The van der Waals surface area contributed by atoms with E-state index in [-0.39, 0.29) is 5.91 Å². The molecule has 2 aliphatic rings. The van der Waals surface area contributed by atoms with Gasteiger partial charge in [0.15, 0.2) is 0 Å². The molecule has 0 radical (unpaired) electrons. The Morgan fingerprint density at radius 2 is 1.78 bits per heavy atom. The third kappa shape index (κ3) is 4.33. The topological polar surface area (TPSA) is 52.6 Å². The van der Waals surface area contributed by atoms with Crippen molar-refractivity contribution in [3.05, 3.63) is 65.7 Å². The molecule has 2 aliphatic heterocycles. The molecule has 27 heavy (non-hydrogen) atoms. The maximum Gasteiger partial charge on any atom is 0.221 e. The van der Waals surface area contributed by atoms with Gasteiger partial charge >= 0.3 is 0 Å². The molecule has 2 aromatic carbocycles. The Kier molecular flexibility index (Phi) is 5.44. The Morgan fingerprint density at radius 1 is 1.04 bits per heavy atom. The molecule has 0 aliphatic carbocycles. The van der Waals surface area contributed by atoms with Gasteiger partial charge in [0.2, 0.25) is 5.91 Å². The third-order valence-corrected chi connectivity index (χ3v) is 6.16. The van der Waals surface area contributed by atoms with Crippen LogP contribution in [0.3, 0.4) is 0 Å². The molecule has 2 bridgehead atoms. The molecule has 142 valence electrons. The molecule has 4 rings (SSSR count). The van der Waals surface area contributed by atoms with Gasteiger partial charge in [-0.3, -0.25) is 9.69 Å². The predicted octanol–water partition coefficient (Wildman–Crippen LogP) is 3.81. The normalized spacial score (nSPS) is 24.7. The number of carbonyl (C=O) groups excluding carboxylic acids is 1. The highest BCUT2D eigenvalue weighted by molar-refractivity contribution is 5.76. The highest BCUT2D eigenvalue weighted by Crippen LogP contribution is 2.43. The van der Waals surface area contributed by atoms with Crippen molar-refractivity contribution in [3.63, 3.8) is 0 Å². The van der Waals surface area contributed by atoms with Crippen LogP contribution < -0.4 is 5.32 Å². The van der Waals surface area contributed by atoms with E-state index >= 15 is 0 Å². The van der Waals surface area contributed by atoms with Gasteiger partial charge in [-0.2, -0.15) is 0 Å². The summed E-state index contributed by atoms with van der Waals surface area (Å²) in [6, 6.07) is 18.9. The molecule has 0 aromatic heterocycles. The highest BCUT2D eigenvalue weighted by atomic mass is 16.3. The van der Waals surface area contributed by atoms with Crippen molar-refractivity contribution in [1.82, 2.24) is 10.2 Å². The summed E-state index contributed by atoms with van der Waals surface area (Å²) in [5.41, 5.74) is 2.39. The summed E-state index contributed by atoms with van der Waals surface area (Å²) in [7, 11) is 0. The number of nitrogens with one attached hydrogen (secondary N) is 1. The molecule has 4 nitrogen and oxygen atoms in total. The van der Waals surface area contributed by atoms with Gasteiger partial charge < -0.3 is 10.4 Å². The summed E-state index contributed by atoms with van der Waals surface area (Å²) < 4.78 is 0. The van der Waals surface area contributed by atoms with Crippen molar-refractivity contribution in [2.75, 3.05) is 6.54 Å². The third-order valence-electron chi connectivity index (χ3n) is 6.16. The van der Waals surface area contributed by atoms with E-state index in [2.05, 4.69) is 16.3 Å². The Morgan fingerprint density at radius 3 is 2.48 bits per heavy atom. The number of carbonyl (C=O) groups is 1. The van der Waals surface area contributed by atoms with E-state index in [1.165, 1.54) is 18.4 Å². The summed E-state index contributed by atoms with van der Waals surface area (Å²) in [6.45, 7) is 1.45. The second-order valence-electron chi connectivity index (χ2n) is 7.90. The molecule has 2 N–H and O–H groups in total. The van der Waals surface area contributed by atoms with Crippen molar-refractivity contribution < 1.29 is 9.90 Å². The molecule has 2 heterocycles. The lowest BCUT2D eigenvalue weighted by molar-refractivity contribution is -0.121. The fourth-order valence-corrected chi connectivity index (χ4v) is 4.81. The standard InChI is InChI=1S/C23H28N2O2/c26-22-8-4-7-18(15-22)19-13-20-9-10-21(14-19)25(20)12-11-23(27)24-16-17-5-2-1-3-6-17/h1-8,15,19-21,26H,9-14,16H2,(H,24,27)/t19?,20-,21?/m1/s1. The SMILES string of the molecule is O=C(CCN1C2CC[C@@H]1CC(c1cccc(O)c1)C2)NCc1ccccc1. The zero-order valence-corrected chi connectivity index (χ0v) is 15.7. The number of aromatic hydroxyl groups is 1. The van der Waals surface area contributed by atoms with Crippen LogP contribution in [0.15, 0.2) is 54.6 Å². The maximum absolute atomic E-state index is 12.3. The summed E-state index contributed by atoms with van der Waals surface area (Å²) in [6.07, 6.45) is 5.28. The monoisotopic (exact) mass is 364 g/mol. The van der Waals surface area contributed by atoms with Crippen molar-refractivity contribution >= 4 is 5.91 Å². The number of fused-ring (bicyclic) bond motifs is 2. The van der Waals surface area contributed by atoms with Crippen LogP contribution in [0.4, 0.5) is 0 Å². The van der Waals surface area contributed by atoms with Crippen LogP contribution in [0.1, 0.15) is 49.1 Å². The van der Waals surface area contributed by atoms with E-state index in [0.717, 1.165) is 24.9 Å². The van der Waals surface area contributed by atoms with Gasteiger partial charge in [-0.25, -0.2) is 0 Å². The molecule has 0 spiro atoms. The lowest BCUT2D eigenvalue weighted by Crippen LogP contribution is -2.43. The van der Waals surface area contributed by atoms with Crippen LogP contribution in [0.2, 0.25) is 0 Å². The van der Waals surface area contributed by atoms with Gasteiger partial charge in [-0.05, 0) is 54.9 Å². The minimum absolute atomic E-state index is 0.133. The number of rotatable bonds is 6. The summed E-state index contributed by atoms with van der Waals surface area (Å²) in [4.78, 5) is 14.8. The first-order valence-electron chi connectivity index (χ1n) is 10.0. The fourth-order valence-electron chi connectivity index (χ4n) is 4.81. The molecule has 3 atom stereocenters. The molecule has 1 amide bonds. The second-order valence-corrected chi connectivity index (χ2v) is 7.90. The van der Waals surface area contributed by atoms with E-state index in [1.54, 1.807) is 6.07 Å². The van der Waals surface area contributed by atoms with Crippen molar-refractivity contribution in [2.45, 2.75) is 56.7 Å². The number of hydrogen-bond acceptors (Lipinski definition) is 3. The van der Waals surface area contributed by atoms with Crippen LogP contribution >= 0.6 is 0 Å². The number of benzene rings is 2. The number of nitrogens with zero attached hydrogens (tertiary/aromatic N) is 1. The number of amides is 1. The van der Waals surface area contributed by atoms with E-state index < -0.39 is 0 Å². The smallest absolute Gasteiger partial charge is 0.221 e. The average Bonchev–Trinajstić information content (AvgIpc) is 2.92. The van der Waals surface area contributed by atoms with Crippen LogP contribution in [0, 0.1) is 0 Å². The van der Waals surface area contributed by atoms with E-state index in [0.29, 0.717) is 36.7 Å². The van der Waals surface area contributed by atoms with Crippen LogP contribution in [0.25, 0.3) is 0 Å². The first-order valence-corrected chi connectivity index (χ1v) is 10.0. The number of hydrogen-bond donors (Lipinski definition) is 2. The number of phenols is 1. The second kappa shape index (κ2) is 8.13. The van der Waals surface area contributed by atoms with E-state index in [1.807, 2.05) is 42.5 Å². The molecule has 2 unspecified atom stereocenters. The number of phenolic OH excluding ortho intramolecular Hbond substituents is 1. The molecular weight excluding hydrogens is 336 g/mol. The van der Waals surface area contributed by atoms with Crippen molar-refractivity contribution in [2.24, 2.45) is 0 Å². The summed E-state index contributed by atoms with van der Waals surface area (Å²) >= 11 is 0. The van der Waals surface area contributed by atoms with Crippen LogP contribution in [-0.4, -0.2) is 34.5 Å². The Bertz CT molecular complexity index is 763. The number of piperidine rings is 1. The predicted molar refractivity (Wildman–Crippen MR) is 107 cm³/mol. The van der Waals surface area contributed by atoms with E-state index in [4.69, 9.17) is 0 Å². The molecule has 4 heteroatoms. The van der Waals surface area contributed by atoms with Gasteiger partial charge in [0.05, 0.1) is 0 Å². The van der Waals surface area contributed by atoms with E-state index in [9.17, 15) is 9.90 Å². The van der Waals surface area contributed by atoms with Crippen molar-refractivity contribution in [3.8, 4) is 5.75 Å². The lowest BCUT2D eigenvalue weighted by Gasteiger charge is -2.39. The average molecular weight is 364 g/mol. The minimum atomic E-state index is 0.133. The zero-order chi connectivity index (χ0) is 18.6. The van der Waals surface area contributed by atoms with Gasteiger partial charge in [0.1, 0.15) is 5.75 Å². The molecule has 2 aromatic rings. The quantitative estimate of drug-likeness (QED) is 0.819. The van der Waals surface area contributed by atoms with Gasteiger partial charge in [0.25, 0.3) is 0 Å². The molecular formula is C23H28N2O2. The Balaban J connectivity index is 1.28. The van der Waals surface area contributed by atoms with Gasteiger partial charge in [0, 0.05) is 31.6 Å². The van der Waals surface area contributed by atoms with Crippen molar-refractivity contribution in [1.29, 1.82) is 0 Å². The lowest BCUT2D eigenvalue weighted by atomic mass is 9.85.